The summed E-state index contributed by atoms with van der Waals surface area (Å²) in [5.74, 6) is 0.279. The van der Waals surface area contributed by atoms with Gasteiger partial charge in [-0.1, -0.05) is 11.3 Å². The van der Waals surface area contributed by atoms with Crippen molar-refractivity contribution in [3.05, 3.63) is 28.7 Å². The van der Waals surface area contributed by atoms with Gasteiger partial charge in [-0.3, -0.25) is 14.9 Å². The maximum absolute atomic E-state index is 12.5. The van der Waals surface area contributed by atoms with Crippen LogP contribution in [0.4, 0.5) is 10.9 Å². The van der Waals surface area contributed by atoms with Crippen molar-refractivity contribution in [1.82, 2.24) is 19.9 Å². The van der Waals surface area contributed by atoms with Crippen LogP contribution in [0.1, 0.15) is 45.1 Å². The Balaban J connectivity index is 1.74. The fourth-order valence-electron chi connectivity index (χ4n) is 2.78. The van der Waals surface area contributed by atoms with Crippen LogP contribution < -0.4 is 10.2 Å². The number of piperidine rings is 1. The molecule has 9 heteroatoms. The first-order chi connectivity index (χ1) is 12.5. The molecule has 26 heavy (non-hydrogen) atoms. The third-order valence-electron chi connectivity index (χ3n) is 4.18. The number of nitrogens with one attached hydrogen (secondary N) is 1. The molecule has 0 radical (unpaired) electrons. The number of anilines is 2. The number of thiazole rings is 1. The van der Waals surface area contributed by atoms with Crippen LogP contribution in [0, 0.1) is 6.92 Å². The van der Waals surface area contributed by atoms with Crippen LogP contribution in [0.2, 0.25) is 0 Å². The summed E-state index contributed by atoms with van der Waals surface area (Å²) in [6.45, 7) is 3.64. The highest BCUT2D eigenvalue weighted by molar-refractivity contribution is 7.17. The van der Waals surface area contributed by atoms with Crippen molar-refractivity contribution in [2.45, 2.75) is 26.2 Å². The topological polar surface area (TPSA) is 91.3 Å². The smallest absolute Gasteiger partial charge is 0.276 e. The predicted molar refractivity (Wildman–Crippen MR) is 101 cm³/mol. The fraction of sp³-hybridized carbons (Fsp3) is 0.471. The zero-order valence-electron chi connectivity index (χ0n) is 15.2. The lowest BCUT2D eigenvalue weighted by molar-refractivity contribution is 0.0831. The molecule has 0 aliphatic carbocycles. The van der Waals surface area contributed by atoms with E-state index in [1.54, 1.807) is 27.1 Å². The first-order valence-corrected chi connectivity index (χ1v) is 9.35. The molecular formula is C17H22N6O2S. The molecule has 2 amide bonds. The molecule has 1 fully saturated rings. The van der Waals surface area contributed by atoms with Gasteiger partial charge in [0.1, 0.15) is 22.7 Å². The Hall–Kier alpha value is -2.55. The molecule has 0 saturated carbocycles. The molecule has 1 aliphatic rings. The van der Waals surface area contributed by atoms with Crippen LogP contribution in [-0.2, 0) is 0 Å². The minimum Gasteiger partial charge on any atom is -0.357 e. The molecule has 2 aromatic rings. The highest BCUT2D eigenvalue weighted by Crippen LogP contribution is 2.24. The average Bonchev–Trinajstić information content (AvgIpc) is 3.01. The van der Waals surface area contributed by atoms with Gasteiger partial charge >= 0.3 is 0 Å². The SMILES string of the molecule is Cc1nc(NC(=O)c2cc(N3CCCCC3)ncn2)sc1C(=O)N(C)C. The van der Waals surface area contributed by atoms with Gasteiger partial charge in [0, 0.05) is 33.3 Å². The van der Waals surface area contributed by atoms with Gasteiger partial charge in [0.05, 0.1) is 5.69 Å². The molecule has 1 aliphatic heterocycles. The lowest BCUT2D eigenvalue weighted by atomic mass is 10.1. The maximum Gasteiger partial charge on any atom is 0.276 e. The quantitative estimate of drug-likeness (QED) is 0.882. The molecule has 3 heterocycles. The molecule has 3 rings (SSSR count). The van der Waals surface area contributed by atoms with Crippen molar-refractivity contribution in [1.29, 1.82) is 0 Å². The van der Waals surface area contributed by atoms with E-state index in [0.717, 1.165) is 43.1 Å². The van der Waals surface area contributed by atoms with E-state index in [0.29, 0.717) is 15.7 Å². The van der Waals surface area contributed by atoms with Gasteiger partial charge in [0.25, 0.3) is 11.8 Å². The lowest BCUT2D eigenvalue weighted by Crippen LogP contribution is -2.30. The number of carbonyl (C=O) groups excluding carboxylic acids is 2. The highest BCUT2D eigenvalue weighted by atomic mass is 32.1. The van der Waals surface area contributed by atoms with Gasteiger partial charge in [-0.2, -0.15) is 0 Å². The normalized spacial score (nSPS) is 14.2. The Labute approximate surface area is 156 Å². The van der Waals surface area contributed by atoms with E-state index in [1.165, 1.54) is 17.6 Å². The summed E-state index contributed by atoms with van der Waals surface area (Å²) < 4.78 is 0. The summed E-state index contributed by atoms with van der Waals surface area (Å²) >= 11 is 1.16. The van der Waals surface area contributed by atoms with Gasteiger partial charge in [0.2, 0.25) is 0 Å². The van der Waals surface area contributed by atoms with Crippen molar-refractivity contribution >= 4 is 34.1 Å². The summed E-state index contributed by atoms with van der Waals surface area (Å²) in [4.78, 5) is 41.4. The van der Waals surface area contributed by atoms with E-state index in [2.05, 4.69) is 25.2 Å². The molecule has 138 valence electrons. The average molecular weight is 374 g/mol. The molecule has 0 atom stereocenters. The van der Waals surface area contributed by atoms with E-state index in [-0.39, 0.29) is 17.5 Å². The van der Waals surface area contributed by atoms with Gasteiger partial charge in [-0.05, 0) is 26.2 Å². The zero-order valence-corrected chi connectivity index (χ0v) is 16.0. The molecule has 8 nitrogen and oxygen atoms in total. The predicted octanol–water partition coefficient (Wildman–Crippen LogP) is 2.19. The minimum atomic E-state index is -0.358. The summed E-state index contributed by atoms with van der Waals surface area (Å²) in [6.07, 6.45) is 4.90. The van der Waals surface area contributed by atoms with E-state index < -0.39 is 0 Å². The molecule has 0 spiro atoms. The Morgan fingerprint density at radius 1 is 1.19 bits per heavy atom. The molecule has 0 bridgehead atoms. The Kier molecular flexibility index (Phi) is 5.46. The van der Waals surface area contributed by atoms with E-state index >= 15 is 0 Å². The maximum atomic E-state index is 12.5. The van der Waals surface area contributed by atoms with E-state index in [9.17, 15) is 9.59 Å². The van der Waals surface area contributed by atoms with Crippen LogP contribution >= 0.6 is 11.3 Å². The van der Waals surface area contributed by atoms with Crippen LogP contribution in [0.3, 0.4) is 0 Å². The number of rotatable bonds is 4. The van der Waals surface area contributed by atoms with Crippen molar-refractivity contribution in [2.24, 2.45) is 0 Å². The second kappa shape index (κ2) is 7.77. The van der Waals surface area contributed by atoms with Crippen LogP contribution in [0.15, 0.2) is 12.4 Å². The standard InChI is InChI=1S/C17H22N6O2S/c1-11-14(16(25)22(2)3)26-17(20-11)21-15(24)12-9-13(19-10-18-12)23-7-5-4-6-8-23/h9-10H,4-8H2,1-3H3,(H,20,21,24). The molecule has 0 unspecified atom stereocenters. The molecule has 2 aromatic heterocycles. The lowest BCUT2D eigenvalue weighted by Gasteiger charge is -2.27. The minimum absolute atomic E-state index is 0.130. The van der Waals surface area contributed by atoms with Crippen molar-refractivity contribution in [2.75, 3.05) is 37.4 Å². The summed E-state index contributed by atoms with van der Waals surface area (Å²) in [5, 5.41) is 3.12. The van der Waals surface area contributed by atoms with Crippen molar-refractivity contribution < 1.29 is 9.59 Å². The largest absolute Gasteiger partial charge is 0.357 e. The number of hydrogen-bond acceptors (Lipinski definition) is 7. The van der Waals surface area contributed by atoms with Gasteiger partial charge in [-0.25, -0.2) is 15.0 Å². The van der Waals surface area contributed by atoms with Gasteiger partial charge in [0.15, 0.2) is 5.13 Å². The molecule has 1 saturated heterocycles. The van der Waals surface area contributed by atoms with Crippen molar-refractivity contribution in [3.63, 3.8) is 0 Å². The highest BCUT2D eigenvalue weighted by Gasteiger charge is 2.20. The van der Waals surface area contributed by atoms with Crippen LogP contribution in [0.5, 0.6) is 0 Å². The third-order valence-corrected chi connectivity index (χ3v) is 5.24. The fourth-order valence-corrected chi connectivity index (χ4v) is 3.76. The van der Waals surface area contributed by atoms with Crippen LogP contribution in [0.25, 0.3) is 0 Å². The van der Waals surface area contributed by atoms with Crippen LogP contribution in [-0.4, -0.2) is 58.9 Å². The summed E-state index contributed by atoms with van der Waals surface area (Å²) in [5.41, 5.74) is 0.884. The first-order valence-electron chi connectivity index (χ1n) is 8.53. The molecular weight excluding hydrogens is 352 g/mol. The monoisotopic (exact) mass is 374 g/mol. The summed E-state index contributed by atoms with van der Waals surface area (Å²) in [7, 11) is 3.37. The second-order valence-electron chi connectivity index (χ2n) is 6.40. The number of aryl methyl sites for hydroxylation is 1. The van der Waals surface area contributed by atoms with E-state index in [1.807, 2.05) is 0 Å². The molecule has 0 aromatic carbocycles. The van der Waals surface area contributed by atoms with Gasteiger partial charge in [-0.15, -0.1) is 0 Å². The second-order valence-corrected chi connectivity index (χ2v) is 7.40. The zero-order chi connectivity index (χ0) is 18.7. The number of aromatic nitrogens is 3. The number of amides is 2. The first kappa shape index (κ1) is 18.2. The number of nitrogens with zero attached hydrogens (tertiary/aromatic N) is 5. The van der Waals surface area contributed by atoms with E-state index in [4.69, 9.17) is 0 Å². The molecule has 1 N–H and O–H groups in total. The van der Waals surface area contributed by atoms with Crippen molar-refractivity contribution in [3.8, 4) is 0 Å². The Morgan fingerprint density at radius 3 is 2.62 bits per heavy atom. The summed E-state index contributed by atoms with van der Waals surface area (Å²) in [6, 6.07) is 1.70. The Morgan fingerprint density at radius 2 is 1.92 bits per heavy atom. The Bertz CT molecular complexity index is 813. The van der Waals surface area contributed by atoms with Gasteiger partial charge < -0.3 is 9.80 Å². The third kappa shape index (κ3) is 3.98. The number of carbonyl (C=O) groups is 2. The number of hydrogen-bond donors (Lipinski definition) is 1.